The summed E-state index contributed by atoms with van der Waals surface area (Å²) < 4.78 is 0.530. The average Bonchev–Trinajstić information content (AvgIpc) is 3.00. The van der Waals surface area contributed by atoms with Crippen molar-refractivity contribution in [3.05, 3.63) is 28.2 Å². The van der Waals surface area contributed by atoms with Crippen LogP contribution < -0.4 is 5.73 Å². The third kappa shape index (κ3) is 3.66. The maximum absolute atomic E-state index is 12.7. The van der Waals surface area contributed by atoms with E-state index < -0.39 is 0 Å². The third-order valence-corrected chi connectivity index (χ3v) is 4.35. The molecule has 1 saturated carbocycles. The van der Waals surface area contributed by atoms with Gasteiger partial charge in [0.1, 0.15) is 5.75 Å². The SMILES string of the molecule is N/C(CN(C(=O)c1ccc(Br)c(O)c1)C1CCCC1)=N/O. The number of nitrogens with two attached hydrogens (primary N) is 1. The van der Waals surface area contributed by atoms with Gasteiger partial charge in [0, 0.05) is 11.6 Å². The van der Waals surface area contributed by atoms with E-state index >= 15 is 0 Å². The summed E-state index contributed by atoms with van der Waals surface area (Å²) in [4.78, 5) is 14.3. The largest absolute Gasteiger partial charge is 0.507 e. The normalized spacial score (nSPS) is 16.1. The second-order valence-corrected chi connectivity index (χ2v) is 5.98. The van der Waals surface area contributed by atoms with Crippen molar-refractivity contribution in [2.75, 3.05) is 6.54 Å². The maximum atomic E-state index is 12.7. The van der Waals surface area contributed by atoms with Gasteiger partial charge in [-0.2, -0.15) is 0 Å². The molecular weight excluding hydrogens is 338 g/mol. The molecule has 2 rings (SSSR count). The van der Waals surface area contributed by atoms with E-state index in [1.54, 1.807) is 17.0 Å². The van der Waals surface area contributed by atoms with Crippen LogP contribution >= 0.6 is 15.9 Å². The molecular formula is C14H18BrN3O3. The standard InChI is InChI=1S/C14H18BrN3O3/c15-11-6-5-9(7-12(11)19)14(20)18(8-13(16)17-21)10-3-1-2-4-10/h5-7,10,19,21H,1-4,8H2,(H2,16,17). The van der Waals surface area contributed by atoms with Gasteiger partial charge in [0.25, 0.3) is 5.91 Å². The molecule has 114 valence electrons. The fourth-order valence-corrected chi connectivity index (χ4v) is 2.85. The van der Waals surface area contributed by atoms with Crippen LogP contribution in [0.15, 0.2) is 27.8 Å². The molecule has 0 heterocycles. The molecule has 1 aliphatic rings. The summed E-state index contributed by atoms with van der Waals surface area (Å²) in [5.74, 6) is -0.219. The fraction of sp³-hybridized carbons (Fsp3) is 0.429. The van der Waals surface area contributed by atoms with Crippen molar-refractivity contribution in [1.29, 1.82) is 0 Å². The Morgan fingerprint density at radius 3 is 2.67 bits per heavy atom. The first-order valence-electron chi connectivity index (χ1n) is 6.79. The Bertz CT molecular complexity index is 556. The molecule has 1 aromatic carbocycles. The highest BCUT2D eigenvalue weighted by Crippen LogP contribution is 2.28. The number of carbonyl (C=O) groups excluding carboxylic acids is 1. The van der Waals surface area contributed by atoms with Crippen molar-refractivity contribution in [2.24, 2.45) is 10.9 Å². The number of amidine groups is 1. The zero-order chi connectivity index (χ0) is 15.4. The molecule has 0 radical (unpaired) electrons. The molecule has 0 atom stereocenters. The number of phenols is 1. The second kappa shape index (κ2) is 6.80. The van der Waals surface area contributed by atoms with E-state index in [0.29, 0.717) is 10.0 Å². The highest BCUT2D eigenvalue weighted by Gasteiger charge is 2.28. The van der Waals surface area contributed by atoms with Crippen molar-refractivity contribution in [3.8, 4) is 5.75 Å². The molecule has 0 aromatic heterocycles. The first-order chi connectivity index (χ1) is 10.0. The summed E-state index contributed by atoms with van der Waals surface area (Å²) in [5.41, 5.74) is 5.94. The van der Waals surface area contributed by atoms with E-state index in [0.717, 1.165) is 25.7 Å². The van der Waals surface area contributed by atoms with Gasteiger partial charge < -0.3 is 20.9 Å². The highest BCUT2D eigenvalue weighted by atomic mass is 79.9. The van der Waals surface area contributed by atoms with Gasteiger partial charge in [-0.3, -0.25) is 4.79 Å². The number of halogens is 1. The van der Waals surface area contributed by atoms with Gasteiger partial charge in [0.2, 0.25) is 0 Å². The smallest absolute Gasteiger partial charge is 0.254 e. The number of amides is 1. The van der Waals surface area contributed by atoms with Crippen molar-refractivity contribution in [3.63, 3.8) is 0 Å². The molecule has 0 unspecified atom stereocenters. The van der Waals surface area contributed by atoms with Crippen LogP contribution in [0.4, 0.5) is 0 Å². The second-order valence-electron chi connectivity index (χ2n) is 5.13. The number of hydrogen-bond donors (Lipinski definition) is 3. The van der Waals surface area contributed by atoms with Crippen molar-refractivity contribution < 1.29 is 15.1 Å². The Labute approximate surface area is 131 Å². The summed E-state index contributed by atoms with van der Waals surface area (Å²) in [6.45, 7) is 0.0802. The molecule has 0 aliphatic heterocycles. The summed E-state index contributed by atoms with van der Waals surface area (Å²) in [7, 11) is 0. The molecule has 1 amide bonds. The van der Waals surface area contributed by atoms with Crippen LogP contribution in [0.5, 0.6) is 5.75 Å². The molecule has 1 aliphatic carbocycles. The van der Waals surface area contributed by atoms with E-state index in [1.807, 2.05) is 0 Å². The van der Waals surface area contributed by atoms with E-state index in [1.165, 1.54) is 6.07 Å². The van der Waals surface area contributed by atoms with E-state index in [4.69, 9.17) is 10.9 Å². The quantitative estimate of drug-likeness (QED) is 0.334. The van der Waals surface area contributed by atoms with Crippen molar-refractivity contribution >= 4 is 27.7 Å². The monoisotopic (exact) mass is 355 g/mol. The Kier molecular flexibility index (Phi) is 5.06. The minimum atomic E-state index is -0.226. The van der Waals surface area contributed by atoms with Crippen LogP contribution in [0.1, 0.15) is 36.0 Å². The number of hydrogen-bond acceptors (Lipinski definition) is 4. The van der Waals surface area contributed by atoms with E-state index in [2.05, 4.69) is 21.1 Å². The zero-order valence-electron chi connectivity index (χ0n) is 11.5. The molecule has 21 heavy (non-hydrogen) atoms. The van der Waals surface area contributed by atoms with Gasteiger partial charge in [0.15, 0.2) is 5.84 Å². The van der Waals surface area contributed by atoms with Gasteiger partial charge in [-0.25, -0.2) is 0 Å². The number of nitrogens with zero attached hydrogens (tertiary/aromatic N) is 2. The van der Waals surface area contributed by atoms with Crippen LogP contribution in [0, 0.1) is 0 Å². The third-order valence-electron chi connectivity index (χ3n) is 3.68. The predicted molar refractivity (Wildman–Crippen MR) is 82.5 cm³/mol. The molecule has 4 N–H and O–H groups in total. The number of oxime groups is 1. The Balaban J connectivity index is 2.25. The maximum Gasteiger partial charge on any atom is 0.254 e. The van der Waals surface area contributed by atoms with Gasteiger partial charge in [0.05, 0.1) is 11.0 Å². The Morgan fingerprint density at radius 2 is 2.10 bits per heavy atom. The van der Waals surface area contributed by atoms with Crippen molar-refractivity contribution in [2.45, 2.75) is 31.7 Å². The van der Waals surface area contributed by atoms with Crippen LogP contribution in [0.2, 0.25) is 0 Å². The lowest BCUT2D eigenvalue weighted by atomic mass is 10.1. The lowest BCUT2D eigenvalue weighted by molar-refractivity contribution is 0.0712. The summed E-state index contributed by atoms with van der Waals surface area (Å²) >= 11 is 3.19. The molecule has 7 heteroatoms. The molecule has 0 saturated heterocycles. The number of phenolic OH excluding ortho intramolecular Hbond substituents is 1. The molecule has 1 fully saturated rings. The lowest BCUT2D eigenvalue weighted by Crippen LogP contribution is -2.44. The predicted octanol–water partition coefficient (Wildman–Crippen LogP) is 2.29. The number of rotatable bonds is 4. The highest BCUT2D eigenvalue weighted by molar-refractivity contribution is 9.10. The van der Waals surface area contributed by atoms with Crippen LogP contribution in [0.25, 0.3) is 0 Å². The zero-order valence-corrected chi connectivity index (χ0v) is 13.1. The molecule has 0 bridgehead atoms. The fourth-order valence-electron chi connectivity index (χ4n) is 2.60. The van der Waals surface area contributed by atoms with Gasteiger partial charge in [-0.15, -0.1) is 0 Å². The summed E-state index contributed by atoms with van der Waals surface area (Å²) in [5, 5.41) is 21.4. The first kappa shape index (κ1) is 15.6. The molecule has 1 aromatic rings. The van der Waals surface area contributed by atoms with Gasteiger partial charge in [-0.1, -0.05) is 18.0 Å². The van der Waals surface area contributed by atoms with Crippen LogP contribution in [0.3, 0.4) is 0 Å². The topological polar surface area (TPSA) is 99.2 Å². The van der Waals surface area contributed by atoms with Gasteiger partial charge >= 0.3 is 0 Å². The summed E-state index contributed by atoms with van der Waals surface area (Å²) in [6, 6.07) is 4.77. The molecule has 0 spiro atoms. The number of aromatic hydroxyl groups is 1. The molecule has 6 nitrogen and oxygen atoms in total. The van der Waals surface area contributed by atoms with Crippen LogP contribution in [-0.2, 0) is 0 Å². The Hall–Kier alpha value is -1.76. The van der Waals surface area contributed by atoms with Gasteiger partial charge in [-0.05, 0) is 47.0 Å². The van der Waals surface area contributed by atoms with E-state index in [-0.39, 0.29) is 30.1 Å². The van der Waals surface area contributed by atoms with E-state index in [9.17, 15) is 9.90 Å². The number of benzene rings is 1. The van der Waals surface area contributed by atoms with Crippen LogP contribution in [-0.4, -0.2) is 39.5 Å². The Morgan fingerprint density at radius 1 is 1.43 bits per heavy atom. The average molecular weight is 356 g/mol. The first-order valence-corrected chi connectivity index (χ1v) is 7.58. The minimum absolute atomic E-state index is 0.00316. The lowest BCUT2D eigenvalue weighted by Gasteiger charge is -2.28. The minimum Gasteiger partial charge on any atom is -0.507 e. The van der Waals surface area contributed by atoms with Crippen molar-refractivity contribution in [1.82, 2.24) is 4.90 Å². The summed E-state index contributed by atoms with van der Waals surface area (Å²) in [6.07, 6.45) is 3.95. The number of carbonyl (C=O) groups is 1.